The normalized spacial score (nSPS) is 21.2. The summed E-state index contributed by atoms with van der Waals surface area (Å²) >= 11 is 2.07. The number of hydrogen-bond acceptors (Lipinski definition) is 8. The van der Waals surface area contributed by atoms with Gasteiger partial charge < -0.3 is 39.7 Å². The fourth-order valence-corrected chi connectivity index (χ4v) is 5.17. The van der Waals surface area contributed by atoms with Gasteiger partial charge in [0.15, 0.2) is 11.5 Å². The summed E-state index contributed by atoms with van der Waals surface area (Å²) in [5.41, 5.74) is 1.01. The zero-order chi connectivity index (χ0) is 26.9. The maximum atomic E-state index is 13.3. The smallest absolute Gasteiger partial charge is 0.247 e. The van der Waals surface area contributed by atoms with Crippen LogP contribution in [0.3, 0.4) is 0 Å². The highest BCUT2D eigenvalue weighted by Gasteiger charge is 2.43. The van der Waals surface area contributed by atoms with Gasteiger partial charge in [-0.3, -0.25) is 9.59 Å². The first-order valence-corrected chi connectivity index (χ1v) is 13.7. The lowest BCUT2D eigenvalue weighted by molar-refractivity contribution is -0.140. The van der Waals surface area contributed by atoms with Crippen LogP contribution in [0.5, 0.6) is 11.5 Å². The van der Waals surface area contributed by atoms with Crippen LogP contribution in [0.4, 0.5) is 0 Å². The SMILES string of the molecule is CCOCCCN(C(=O)C1CC1)[C@@H]1CC(C(=O)NCCO)=C[C@H](Oc2c(I)cc(CO)cc2OC)[C@H]1O. The van der Waals surface area contributed by atoms with Crippen LogP contribution in [0, 0.1) is 9.49 Å². The maximum absolute atomic E-state index is 13.3. The van der Waals surface area contributed by atoms with E-state index in [1.54, 1.807) is 23.1 Å². The molecule has 4 N–H and O–H groups in total. The zero-order valence-electron chi connectivity index (χ0n) is 21.3. The Morgan fingerprint density at radius 2 is 2.00 bits per heavy atom. The van der Waals surface area contributed by atoms with E-state index in [0.29, 0.717) is 52.4 Å². The number of aliphatic hydroxyl groups is 3. The highest BCUT2D eigenvalue weighted by atomic mass is 127. The number of halogens is 1. The zero-order valence-corrected chi connectivity index (χ0v) is 23.5. The number of benzene rings is 1. The number of methoxy groups -OCH3 is 1. The maximum Gasteiger partial charge on any atom is 0.247 e. The lowest BCUT2D eigenvalue weighted by atomic mass is 9.87. The first-order chi connectivity index (χ1) is 17.8. The van der Waals surface area contributed by atoms with Gasteiger partial charge >= 0.3 is 0 Å². The van der Waals surface area contributed by atoms with Crippen LogP contribution in [0.25, 0.3) is 0 Å². The Kier molecular flexibility index (Phi) is 11.4. The number of carbonyl (C=O) groups is 2. The molecule has 0 aromatic heterocycles. The summed E-state index contributed by atoms with van der Waals surface area (Å²) in [7, 11) is 1.48. The van der Waals surface area contributed by atoms with E-state index in [-0.39, 0.29) is 43.9 Å². The van der Waals surface area contributed by atoms with Crippen molar-refractivity contribution in [1.29, 1.82) is 0 Å². The molecule has 10 nitrogen and oxygen atoms in total. The second-order valence-electron chi connectivity index (χ2n) is 9.14. The van der Waals surface area contributed by atoms with E-state index in [4.69, 9.17) is 19.3 Å². The molecule has 206 valence electrons. The van der Waals surface area contributed by atoms with Crippen molar-refractivity contribution >= 4 is 34.4 Å². The summed E-state index contributed by atoms with van der Waals surface area (Å²) in [5, 5.41) is 32.9. The van der Waals surface area contributed by atoms with Gasteiger partial charge in [0.1, 0.15) is 12.2 Å². The standard InChI is InChI=1S/C26H37IN2O8/c1-3-36-10-4-8-29(26(34)17-5-6-17)20-13-18(25(33)28-7-9-30)14-21(23(20)32)37-24-19(27)11-16(15-31)12-22(24)35-2/h11-12,14,17,20-21,23,30-32H,3-10,13,15H2,1-2H3,(H,28,33)/t20-,21+,23+/m1/s1. The summed E-state index contributed by atoms with van der Waals surface area (Å²) in [6, 6.07) is 2.72. The Hall–Kier alpha value is -1.93. The Morgan fingerprint density at radius 3 is 2.62 bits per heavy atom. The lowest BCUT2D eigenvalue weighted by Gasteiger charge is -2.41. The third-order valence-corrected chi connectivity index (χ3v) is 7.24. The number of nitrogens with zero attached hydrogens (tertiary/aromatic N) is 1. The highest BCUT2D eigenvalue weighted by molar-refractivity contribution is 14.1. The second kappa shape index (κ2) is 14.3. The van der Waals surface area contributed by atoms with E-state index in [2.05, 4.69) is 27.9 Å². The number of ether oxygens (including phenoxy) is 3. The number of carbonyl (C=O) groups excluding carboxylic acids is 2. The minimum atomic E-state index is -1.11. The van der Waals surface area contributed by atoms with E-state index in [0.717, 1.165) is 12.8 Å². The van der Waals surface area contributed by atoms with Crippen molar-refractivity contribution in [2.45, 2.75) is 57.5 Å². The largest absolute Gasteiger partial charge is 0.493 e. The molecule has 0 heterocycles. The summed E-state index contributed by atoms with van der Waals surface area (Å²) in [6.45, 7) is 3.07. The van der Waals surface area contributed by atoms with Crippen molar-refractivity contribution in [2.75, 3.05) is 40.0 Å². The molecule has 0 saturated heterocycles. The monoisotopic (exact) mass is 632 g/mol. The third kappa shape index (κ3) is 7.79. The molecule has 1 saturated carbocycles. The Labute approximate surface area is 231 Å². The van der Waals surface area contributed by atoms with Gasteiger partial charge in [-0.15, -0.1) is 0 Å². The van der Waals surface area contributed by atoms with Gasteiger partial charge in [-0.1, -0.05) is 0 Å². The van der Waals surface area contributed by atoms with E-state index < -0.39 is 18.2 Å². The average molecular weight is 632 g/mol. The van der Waals surface area contributed by atoms with Crippen LogP contribution in [0.1, 0.15) is 38.2 Å². The lowest BCUT2D eigenvalue weighted by Crippen LogP contribution is -2.55. The molecule has 1 fully saturated rings. The first-order valence-electron chi connectivity index (χ1n) is 12.6. The van der Waals surface area contributed by atoms with Crippen LogP contribution in [0.2, 0.25) is 0 Å². The van der Waals surface area contributed by atoms with Crippen LogP contribution < -0.4 is 14.8 Å². The molecule has 11 heteroatoms. The average Bonchev–Trinajstić information content (AvgIpc) is 3.75. The summed E-state index contributed by atoms with van der Waals surface area (Å²) in [6.07, 6.45) is 1.91. The van der Waals surface area contributed by atoms with E-state index in [1.165, 1.54) is 7.11 Å². The molecular weight excluding hydrogens is 595 g/mol. The number of hydrogen-bond donors (Lipinski definition) is 4. The Morgan fingerprint density at radius 1 is 1.24 bits per heavy atom. The molecule has 0 unspecified atom stereocenters. The van der Waals surface area contributed by atoms with E-state index in [9.17, 15) is 19.8 Å². The van der Waals surface area contributed by atoms with Gasteiger partial charge in [-0.05, 0) is 72.5 Å². The number of aliphatic hydroxyl groups excluding tert-OH is 3. The molecular formula is C26H37IN2O8. The topological polar surface area (TPSA) is 138 Å². The molecule has 0 spiro atoms. The summed E-state index contributed by atoms with van der Waals surface area (Å²) in [5.74, 6) is 0.268. The summed E-state index contributed by atoms with van der Waals surface area (Å²) in [4.78, 5) is 27.9. The van der Waals surface area contributed by atoms with E-state index in [1.807, 2.05) is 6.92 Å². The number of nitrogens with one attached hydrogen (secondary N) is 1. The molecule has 1 aromatic carbocycles. The minimum Gasteiger partial charge on any atom is -0.493 e. The molecule has 2 aliphatic carbocycles. The van der Waals surface area contributed by atoms with Crippen LogP contribution in [0.15, 0.2) is 23.8 Å². The van der Waals surface area contributed by atoms with Crippen molar-refractivity contribution in [3.05, 3.63) is 32.9 Å². The van der Waals surface area contributed by atoms with Crippen molar-refractivity contribution < 1.29 is 39.1 Å². The van der Waals surface area contributed by atoms with Gasteiger partial charge in [-0.2, -0.15) is 0 Å². The molecule has 0 bridgehead atoms. The fourth-order valence-electron chi connectivity index (χ4n) is 4.38. The molecule has 3 atom stereocenters. The number of rotatable bonds is 14. The third-order valence-electron chi connectivity index (χ3n) is 6.44. The van der Waals surface area contributed by atoms with Gasteiger partial charge in [0.25, 0.3) is 0 Å². The van der Waals surface area contributed by atoms with Crippen LogP contribution >= 0.6 is 22.6 Å². The van der Waals surface area contributed by atoms with Crippen LogP contribution in [-0.2, 0) is 20.9 Å². The fraction of sp³-hybridized carbons (Fsp3) is 0.615. The predicted molar refractivity (Wildman–Crippen MR) is 144 cm³/mol. The van der Waals surface area contributed by atoms with Gasteiger partial charge in [0, 0.05) is 44.2 Å². The Bertz CT molecular complexity index is 968. The summed E-state index contributed by atoms with van der Waals surface area (Å²) < 4.78 is 17.8. The van der Waals surface area contributed by atoms with E-state index >= 15 is 0 Å². The van der Waals surface area contributed by atoms with Gasteiger partial charge in [0.05, 0.1) is 29.9 Å². The molecule has 3 rings (SSSR count). The minimum absolute atomic E-state index is 0.0317. The molecule has 0 radical (unpaired) electrons. The molecule has 1 aromatic rings. The predicted octanol–water partition coefficient (Wildman–Crippen LogP) is 1.37. The van der Waals surface area contributed by atoms with Crippen molar-refractivity contribution in [3.8, 4) is 11.5 Å². The van der Waals surface area contributed by atoms with Crippen molar-refractivity contribution in [1.82, 2.24) is 10.2 Å². The molecule has 37 heavy (non-hydrogen) atoms. The van der Waals surface area contributed by atoms with Crippen LogP contribution in [-0.4, -0.2) is 90.3 Å². The second-order valence-corrected chi connectivity index (χ2v) is 10.3. The highest BCUT2D eigenvalue weighted by Crippen LogP contribution is 2.38. The molecule has 2 aliphatic rings. The van der Waals surface area contributed by atoms with Gasteiger partial charge in [0.2, 0.25) is 11.8 Å². The van der Waals surface area contributed by atoms with Crippen molar-refractivity contribution in [3.63, 3.8) is 0 Å². The van der Waals surface area contributed by atoms with Crippen molar-refractivity contribution in [2.24, 2.45) is 5.92 Å². The Balaban J connectivity index is 1.94. The quantitative estimate of drug-likeness (QED) is 0.178. The molecule has 2 amide bonds. The van der Waals surface area contributed by atoms with Gasteiger partial charge in [-0.25, -0.2) is 0 Å². The number of amides is 2. The first kappa shape index (κ1) is 29.6. The molecule has 0 aliphatic heterocycles.